The van der Waals surface area contributed by atoms with Gasteiger partial charge in [-0.05, 0) is 31.4 Å². The zero-order valence-electron chi connectivity index (χ0n) is 17.9. The SMILES string of the molecule is O=C(O)/C=C/C(=O)OC1CN2CCCC(COC(=O)Nc3ncsc3-c3ccccc3)(C1)C2. The fourth-order valence-electron chi connectivity index (χ4n) is 4.55. The number of ether oxygens (including phenoxy) is 2. The smallest absolute Gasteiger partial charge is 0.412 e. The number of esters is 1. The van der Waals surface area contributed by atoms with Crippen LogP contribution < -0.4 is 5.32 Å². The summed E-state index contributed by atoms with van der Waals surface area (Å²) in [6, 6.07) is 9.68. The molecule has 2 aliphatic rings. The van der Waals surface area contributed by atoms with Crippen LogP contribution in [0.15, 0.2) is 48.0 Å². The third-order valence-corrected chi connectivity index (χ3v) is 6.72. The Morgan fingerprint density at radius 2 is 2.09 bits per heavy atom. The molecule has 3 atom stereocenters. The Morgan fingerprint density at radius 1 is 1.27 bits per heavy atom. The van der Waals surface area contributed by atoms with Gasteiger partial charge in [0.05, 0.1) is 10.4 Å². The molecule has 174 valence electrons. The molecule has 4 rings (SSSR count). The molecule has 0 radical (unpaired) electrons. The molecule has 2 aliphatic heterocycles. The molecular formula is C23H25N3O6S. The van der Waals surface area contributed by atoms with Gasteiger partial charge in [-0.3, -0.25) is 10.2 Å². The third kappa shape index (κ3) is 5.96. The second kappa shape index (κ2) is 10.1. The summed E-state index contributed by atoms with van der Waals surface area (Å²) in [5.41, 5.74) is 2.32. The van der Waals surface area contributed by atoms with Gasteiger partial charge in [0.1, 0.15) is 12.7 Å². The highest BCUT2D eigenvalue weighted by atomic mass is 32.1. The number of carbonyl (C=O) groups is 3. The lowest BCUT2D eigenvalue weighted by Crippen LogP contribution is -2.55. The Morgan fingerprint density at radius 3 is 2.88 bits per heavy atom. The maximum absolute atomic E-state index is 12.6. The number of rotatable bonds is 7. The lowest BCUT2D eigenvalue weighted by atomic mass is 9.73. The summed E-state index contributed by atoms with van der Waals surface area (Å²) in [6.45, 7) is 2.41. The van der Waals surface area contributed by atoms with E-state index in [0.717, 1.165) is 48.5 Å². The molecule has 2 aromatic rings. The van der Waals surface area contributed by atoms with Crippen LogP contribution in [-0.4, -0.2) is 65.4 Å². The van der Waals surface area contributed by atoms with E-state index in [2.05, 4.69) is 15.2 Å². The number of benzene rings is 1. The van der Waals surface area contributed by atoms with Crippen molar-refractivity contribution in [3.8, 4) is 10.4 Å². The largest absolute Gasteiger partial charge is 0.478 e. The zero-order valence-corrected chi connectivity index (χ0v) is 18.8. The summed E-state index contributed by atoms with van der Waals surface area (Å²) in [4.78, 5) is 42.4. The molecule has 9 nitrogen and oxygen atoms in total. The van der Waals surface area contributed by atoms with Crippen molar-refractivity contribution in [3.63, 3.8) is 0 Å². The summed E-state index contributed by atoms with van der Waals surface area (Å²) >= 11 is 1.44. The number of aromatic nitrogens is 1. The number of nitrogens with one attached hydrogen (secondary N) is 1. The first-order valence-corrected chi connectivity index (χ1v) is 11.6. The van der Waals surface area contributed by atoms with E-state index in [1.807, 2.05) is 30.3 Å². The predicted octanol–water partition coefficient (Wildman–Crippen LogP) is 3.40. The topological polar surface area (TPSA) is 118 Å². The normalized spacial score (nSPS) is 24.2. The third-order valence-electron chi connectivity index (χ3n) is 5.84. The summed E-state index contributed by atoms with van der Waals surface area (Å²) < 4.78 is 11.1. The number of carboxylic acids is 1. The van der Waals surface area contributed by atoms with E-state index in [-0.39, 0.29) is 18.1 Å². The van der Waals surface area contributed by atoms with Gasteiger partial charge in [-0.25, -0.2) is 19.4 Å². The molecule has 2 N–H and O–H groups in total. The van der Waals surface area contributed by atoms with E-state index in [1.54, 1.807) is 5.51 Å². The van der Waals surface area contributed by atoms with E-state index in [9.17, 15) is 14.4 Å². The van der Waals surface area contributed by atoms with Crippen molar-refractivity contribution >= 4 is 35.2 Å². The highest BCUT2D eigenvalue weighted by Gasteiger charge is 2.44. The van der Waals surface area contributed by atoms with E-state index in [1.165, 1.54) is 11.3 Å². The van der Waals surface area contributed by atoms with Crippen molar-refractivity contribution in [3.05, 3.63) is 48.0 Å². The molecular weight excluding hydrogens is 446 g/mol. The van der Waals surface area contributed by atoms with Gasteiger partial charge in [-0.1, -0.05) is 30.3 Å². The van der Waals surface area contributed by atoms with Crippen molar-refractivity contribution in [1.82, 2.24) is 9.88 Å². The molecule has 2 fully saturated rings. The number of piperidine rings is 2. The van der Waals surface area contributed by atoms with Crippen molar-refractivity contribution in [2.24, 2.45) is 5.41 Å². The molecule has 2 bridgehead atoms. The van der Waals surface area contributed by atoms with E-state index in [4.69, 9.17) is 14.6 Å². The molecule has 0 spiro atoms. The molecule has 1 amide bonds. The van der Waals surface area contributed by atoms with Crippen LogP contribution in [0, 0.1) is 5.41 Å². The maximum atomic E-state index is 12.6. The number of anilines is 1. The summed E-state index contributed by atoms with van der Waals surface area (Å²) in [5.74, 6) is -1.43. The molecule has 1 aromatic heterocycles. The van der Waals surface area contributed by atoms with E-state index >= 15 is 0 Å². The Kier molecular flexibility index (Phi) is 7.05. The fraction of sp³-hybridized carbons (Fsp3) is 0.391. The number of amides is 1. The first-order valence-electron chi connectivity index (χ1n) is 10.7. The lowest BCUT2D eigenvalue weighted by Gasteiger charge is -2.49. The number of nitrogens with zero attached hydrogens (tertiary/aromatic N) is 2. The van der Waals surface area contributed by atoms with Gasteiger partial charge < -0.3 is 14.6 Å². The van der Waals surface area contributed by atoms with Crippen LogP contribution in [0.4, 0.5) is 10.6 Å². The number of hydrogen-bond acceptors (Lipinski definition) is 8. The highest BCUT2D eigenvalue weighted by molar-refractivity contribution is 7.13. The van der Waals surface area contributed by atoms with Crippen LogP contribution in [0.2, 0.25) is 0 Å². The molecule has 1 aromatic carbocycles. The first-order chi connectivity index (χ1) is 15.9. The van der Waals surface area contributed by atoms with Crippen LogP contribution in [0.5, 0.6) is 0 Å². The van der Waals surface area contributed by atoms with Gasteiger partial charge in [0.25, 0.3) is 0 Å². The Hall–Kier alpha value is -3.24. The summed E-state index contributed by atoms with van der Waals surface area (Å²) in [7, 11) is 0. The number of fused-ring (bicyclic) bond motifs is 2. The number of hydrogen-bond donors (Lipinski definition) is 2. The average Bonchev–Trinajstić information content (AvgIpc) is 3.25. The summed E-state index contributed by atoms with van der Waals surface area (Å²) in [5, 5.41) is 11.4. The molecule has 33 heavy (non-hydrogen) atoms. The minimum Gasteiger partial charge on any atom is -0.478 e. The highest BCUT2D eigenvalue weighted by Crippen LogP contribution is 2.40. The number of carboxylic acid groups (broad SMARTS) is 1. The Bertz CT molecular complexity index is 1040. The summed E-state index contributed by atoms with van der Waals surface area (Å²) in [6.07, 6.45) is 3.08. The van der Waals surface area contributed by atoms with Crippen molar-refractivity contribution in [2.75, 3.05) is 31.6 Å². The van der Waals surface area contributed by atoms with Crippen LogP contribution >= 0.6 is 11.3 Å². The van der Waals surface area contributed by atoms with Gasteiger partial charge in [-0.15, -0.1) is 11.3 Å². The zero-order chi connectivity index (χ0) is 23.3. The number of carbonyl (C=O) groups excluding carboxylic acids is 2. The van der Waals surface area contributed by atoms with Crippen LogP contribution in [0.25, 0.3) is 10.4 Å². The van der Waals surface area contributed by atoms with E-state index < -0.39 is 18.0 Å². The predicted molar refractivity (Wildman–Crippen MR) is 122 cm³/mol. The van der Waals surface area contributed by atoms with Gasteiger partial charge in [0.2, 0.25) is 0 Å². The fourth-order valence-corrected chi connectivity index (χ4v) is 5.30. The monoisotopic (exact) mass is 471 g/mol. The molecule has 3 heterocycles. The second-order valence-corrected chi connectivity index (χ2v) is 9.23. The Labute approximate surface area is 195 Å². The van der Waals surface area contributed by atoms with Gasteiger partial charge in [0.15, 0.2) is 5.82 Å². The van der Waals surface area contributed by atoms with Crippen molar-refractivity contribution in [2.45, 2.75) is 25.4 Å². The average molecular weight is 472 g/mol. The van der Waals surface area contributed by atoms with Gasteiger partial charge >= 0.3 is 18.0 Å². The van der Waals surface area contributed by atoms with Gasteiger partial charge in [0, 0.05) is 30.7 Å². The first kappa shape index (κ1) is 22.9. The quantitative estimate of drug-likeness (QED) is 0.466. The minimum absolute atomic E-state index is 0.194. The molecule has 2 saturated heterocycles. The second-order valence-electron chi connectivity index (χ2n) is 8.37. The lowest BCUT2D eigenvalue weighted by molar-refractivity contribution is -0.153. The van der Waals surface area contributed by atoms with Gasteiger partial charge in [-0.2, -0.15) is 0 Å². The number of thiazole rings is 1. The van der Waals surface area contributed by atoms with Crippen LogP contribution in [0.3, 0.4) is 0 Å². The molecule has 10 heteroatoms. The maximum Gasteiger partial charge on any atom is 0.412 e. The number of aliphatic carboxylic acids is 1. The Balaban J connectivity index is 1.36. The molecule has 0 aliphatic carbocycles. The van der Waals surface area contributed by atoms with E-state index in [0.29, 0.717) is 18.8 Å². The molecule has 3 unspecified atom stereocenters. The van der Waals surface area contributed by atoms with Crippen LogP contribution in [0.1, 0.15) is 19.3 Å². The standard InChI is InChI=1S/C23H25N3O6S/c27-18(28)7-8-19(29)32-17-11-23(9-4-10-26(12-17)13-23)14-31-22(30)25-21-20(33-15-24-21)16-5-2-1-3-6-16/h1-3,5-8,15,17H,4,9-14H2,(H,25,30)(H,27,28)/b8-7+. The minimum atomic E-state index is -1.21. The van der Waals surface area contributed by atoms with Crippen molar-refractivity contribution in [1.29, 1.82) is 0 Å². The van der Waals surface area contributed by atoms with Crippen LogP contribution in [-0.2, 0) is 19.1 Å². The molecule has 0 saturated carbocycles. The van der Waals surface area contributed by atoms with Crippen molar-refractivity contribution < 1.29 is 29.0 Å².